The van der Waals surface area contributed by atoms with Crippen molar-refractivity contribution < 1.29 is 19.1 Å². The summed E-state index contributed by atoms with van der Waals surface area (Å²) < 4.78 is 10.6. The van der Waals surface area contributed by atoms with Crippen LogP contribution in [0.25, 0.3) is 0 Å². The topological polar surface area (TPSA) is 67.9 Å². The van der Waals surface area contributed by atoms with E-state index in [1.54, 1.807) is 19.1 Å². The van der Waals surface area contributed by atoms with Gasteiger partial charge in [-0.2, -0.15) is 0 Å². The van der Waals surface area contributed by atoms with Crippen LogP contribution in [0.3, 0.4) is 0 Å². The molecule has 6 nitrogen and oxygen atoms in total. The molecule has 0 aromatic heterocycles. The van der Waals surface area contributed by atoms with Gasteiger partial charge in [-0.15, -0.1) is 0 Å². The van der Waals surface area contributed by atoms with E-state index in [2.05, 4.69) is 5.32 Å². The van der Waals surface area contributed by atoms with Crippen LogP contribution in [0, 0.1) is 5.41 Å². The van der Waals surface area contributed by atoms with E-state index >= 15 is 0 Å². The van der Waals surface area contributed by atoms with Crippen molar-refractivity contribution in [2.45, 2.75) is 51.1 Å². The summed E-state index contributed by atoms with van der Waals surface area (Å²) in [5.74, 6) is 1.54. The van der Waals surface area contributed by atoms with E-state index in [1.807, 2.05) is 25.2 Å². The first-order valence-corrected chi connectivity index (χ1v) is 9.26. The summed E-state index contributed by atoms with van der Waals surface area (Å²) in [6.45, 7) is 0.436. The van der Waals surface area contributed by atoms with Crippen LogP contribution in [0.1, 0.15) is 44.1 Å². The fourth-order valence-corrected chi connectivity index (χ4v) is 4.48. The van der Waals surface area contributed by atoms with Crippen molar-refractivity contribution in [1.82, 2.24) is 10.2 Å². The van der Waals surface area contributed by atoms with Gasteiger partial charge in [-0.05, 0) is 37.0 Å². The van der Waals surface area contributed by atoms with E-state index in [9.17, 15) is 9.59 Å². The third-order valence-electron chi connectivity index (χ3n) is 5.99. The lowest BCUT2D eigenvalue weighted by Crippen LogP contribution is -2.60. The summed E-state index contributed by atoms with van der Waals surface area (Å²) in [4.78, 5) is 27.0. The highest BCUT2D eigenvalue weighted by Gasteiger charge is 2.52. The summed E-state index contributed by atoms with van der Waals surface area (Å²) in [5, 5.41) is 3.11. The number of benzene rings is 1. The Balaban J connectivity index is 1.73. The molecule has 1 aromatic carbocycles. The van der Waals surface area contributed by atoms with E-state index in [-0.39, 0.29) is 17.9 Å². The van der Waals surface area contributed by atoms with Gasteiger partial charge < -0.3 is 19.7 Å². The van der Waals surface area contributed by atoms with Crippen LogP contribution in [0.2, 0.25) is 0 Å². The largest absolute Gasteiger partial charge is 0.493 e. The van der Waals surface area contributed by atoms with Gasteiger partial charge in [0.1, 0.15) is 0 Å². The van der Waals surface area contributed by atoms with Crippen molar-refractivity contribution in [3.63, 3.8) is 0 Å². The van der Waals surface area contributed by atoms with Gasteiger partial charge in [-0.25, -0.2) is 0 Å². The highest BCUT2D eigenvalue weighted by molar-refractivity contribution is 5.87. The molecule has 1 saturated heterocycles. The number of hydrogen-bond acceptors (Lipinski definition) is 4. The Labute approximate surface area is 154 Å². The van der Waals surface area contributed by atoms with Crippen molar-refractivity contribution in [1.29, 1.82) is 0 Å². The molecule has 0 unspecified atom stereocenters. The number of amides is 2. The molecule has 1 aromatic rings. The molecule has 1 aliphatic carbocycles. The Hall–Kier alpha value is -2.24. The first-order valence-electron chi connectivity index (χ1n) is 9.26. The van der Waals surface area contributed by atoms with Crippen molar-refractivity contribution in [3.05, 3.63) is 23.8 Å². The predicted molar refractivity (Wildman–Crippen MR) is 98.1 cm³/mol. The van der Waals surface area contributed by atoms with Gasteiger partial charge in [0.15, 0.2) is 11.5 Å². The normalized spacial score (nSPS) is 25.4. The van der Waals surface area contributed by atoms with E-state index in [1.165, 1.54) is 0 Å². The van der Waals surface area contributed by atoms with Crippen LogP contribution in [0.15, 0.2) is 18.2 Å². The Morgan fingerprint density at radius 1 is 1.23 bits per heavy atom. The molecule has 0 bridgehead atoms. The first-order chi connectivity index (χ1) is 12.5. The standard InChI is InChI=1S/C20H28N2O4/c1-22-17-6-4-5-10-20(17,11-9-18(22)23)19(24)21-13-14-7-8-15(25-2)16(12-14)26-3/h7-8,12,17H,4-6,9-11,13H2,1-3H3,(H,21,24)/t17-,20-/m1/s1. The molecule has 0 spiro atoms. The summed E-state index contributed by atoms with van der Waals surface area (Å²) in [7, 11) is 5.04. The summed E-state index contributed by atoms with van der Waals surface area (Å²) in [6.07, 6.45) is 4.99. The quantitative estimate of drug-likeness (QED) is 0.876. The number of hydrogen-bond donors (Lipinski definition) is 1. The average molecular weight is 360 g/mol. The summed E-state index contributed by atoms with van der Waals surface area (Å²) >= 11 is 0. The second kappa shape index (κ2) is 7.56. The molecule has 3 rings (SSSR count). The molecule has 1 heterocycles. The zero-order valence-electron chi connectivity index (χ0n) is 15.8. The average Bonchev–Trinajstić information content (AvgIpc) is 2.68. The third kappa shape index (κ3) is 3.24. The van der Waals surface area contributed by atoms with E-state index < -0.39 is 5.41 Å². The van der Waals surface area contributed by atoms with Crippen LogP contribution >= 0.6 is 0 Å². The minimum absolute atomic E-state index is 0.0166. The van der Waals surface area contributed by atoms with E-state index in [4.69, 9.17) is 9.47 Å². The number of nitrogens with one attached hydrogen (secondary N) is 1. The third-order valence-corrected chi connectivity index (χ3v) is 5.99. The predicted octanol–water partition coefficient (Wildman–Crippen LogP) is 2.50. The SMILES string of the molecule is COc1ccc(CNC(=O)[C@@]23CCCC[C@H]2N(C)C(=O)CC3)cc1OC. The number of carbonyl (C=O) groups is 2. The molecular weight excluding hydrogens is 332 g/mol. The van der Waals surface area contributed by atoms with Gasteiger partial charge in [0.05, 0.1) is 19.6 Å². The van der Waals surface area contributed by atoms with Crippen molar-refractivity contribution >= 4 is 11.8 Å². The smallest absolute Gasteiger partial charge is 0.228 e. The molecule has 2 atom stereocenters. The molecule has 1 N–H and O–H groups in total. The number of methoxy groups -OCH3 is 2. The zero-order chi connectivity index (χ0) is 18.7. The van der Waals surface area contributed by atoms with Crippen LogP contribution in [-0.4, -0.2) is 44.0 Å². The van der Waals surface area contributed by atoms with Gasteiger partial charge in [0, 0.05) is 26.1 Å². The molecule has 1 saturated carbocycles. The molecule has 2 aliphatic rings. The number of nitrogens with zero attached hydrogens (tertiary/aromatic N) is 1. The van der Waals surface area contributed by atoms with Crippen LogP contribution in [0.5, 0.6) is 11.5 Å². The lowest BCUT2D eigenvalue weighted by molar-refractivity contribution is -0.153. The zero-order valence-corrected chi connectivity index (χ0v) is 15.8. The van der Waals surface area contributed by atoms with Crippen molar-refractivity contribution in [2.75, 3.05) is 21.3 Å². The monoisotopic (exact) mass is 360 g/mol. The summed E-state index contributed by atoms with van der Waals surface area (Å²) in [6, 6.07) is 5.66. The minimum Gasteiger partial charge on any atom is -0.493 e. The molecule has 2 fully saturated rings. The number of likely N-dealkylation sites (tertiary alicyclic amines) is 1. The molecule has 6 heteroatoms. The molecule has 2 amide bonds. The minimum atomic E-state index is -0.447. The second-order valence-electron chi connectivity index (χ2n) is 7.29. The maximum absolute atomic E-state index is 13.2. The van der Waals surface area contributed by atoms with Gasteiger partial charge in [0.25, 0.3) is 0 Å². The van der Waals surface area contributed by atoms with Gasteiger partial charge in [0.2, 0.25) is 11.8 Å². The van der Waals surface area contributed by atoms with Crippen molar-refractivity contribution in [2.24, 2.45) is 5.41 Å². The molecule has 26 heavy (non-hydrogen) atoms. The molecule has 0 radical (unpaired) electrons. The van der Waals surface area contributed by atoms with Gasteiger partial charge in [-0.3, -0.25) is 9.59 Å². The lowest BCUT2D eigenvalue weighted by atomic mass is 9.64. The lowest BCUT2D eigenvalue weighted by Gasteiger charge is -2.50. The fraction of sp³-hybridized carbons (Fsp3) is 0.600. The Kier molecular flexibility index (Phi) is 5.39. The maximum atomic E-state index is 13.2. The second-order valence-corrected chi connectivity index (χ2v) is 7.29. The fourth-order valence-electron chi connectivity index (χ4n) is 4.48. The Bertz CT molecular complexity index is 690. The number of fused-ring (bicyclic) bond motifs is 1. The number of carbonyl (C=O) groups excluding carboxylic acids is 2. The number of ether oxygens (including phenoxy) is 2. The first kappa shape index (κ1) is 18.5. The molecular formula is C20H28N2O4. The highest BCUT2D eigenvalue weighted by Crippen LogP contribution is 2.46. The molecule has 142 valence electrons. The maximum Gasteiger partial charge on any atom is 0.228 e. The highest BCUT2D eigenvalue weighted by atomic mass is 16.5. The van der Waals surface area contributed by atoms with Gasteiger partial charge >= 0.3 is 0 Å². The van der Waals surface area contributed by atoms with Gasteiger partial charge in [-0.1, -0.05) is 18.9 Å². The van der Waals surface area contributed by atoms with Crippen LogP contribution < -0.4 is 14.8 Å². The van der Waals surface area contributed by atoms with Crippen LogP contribution in [0.4, 0.5) is 0 Å². The Morgan fingerprint density at radius 3 is 2.73 bits per heavy atom. The summed E-state index contributed by atoms with van der Waals surface area (Å²) in [5.41, 5.74) is 0.511. The van der Waals surface area contributed by atoms with E-state index in [0.29, 0.717) is 30.9 Å². The number of piperidine rings is 1. The molecule has 1 aliphatic heterocycles. The Morgan fingerprint density at radius 2 is 2.00 bits per heavy atom. The van der Waals surface area contributed by atoms with Crippen molar-refractivity contribution in [3.8, 4) is 11.5 Å². The van der Waals surface area contributed by atoms with Crippen LogP contribution in [-0.2, 0) is 16.1 Å². The van der Waals surface area contributed by atoms with E-state index in [0.717, 1.165) is 31.2 Å². The number of rotatable bonds is 5.